The molecule has 3 heteroatoms. The van der Waals surface area contributed by atoms with Gasteiger partial charge in [-0.1, -0.05) is 32.4 Å². The topological polar surface area (TPSA) is 43.4 Å². The number of esters is 1. The zero-order valence-corrected chi connectivity index (χ0v) is 21.1. The predicted octanol–water partition coefficient (Wildman–Crippen LogP) is 6.89. The fourth-order valence-electron chi connectivity index (χ4n) is 10.2. The minimum absolute atomic E-state index is 0.0201. The van der Waals surface area contributed by atoms with Crippen molar-refractivity contribution in [2.24, 2.45) is 45.3 Å². The first kappa shape index (κ1) is 22.7. The molecular weight excluding hydrogens is 396 g/mol. The van der Waals surface area contributed by atoms with Gasteiger partial charge in [0.25, 0.3) is 0 Å². The van der Waals surface area contributed by atoms with Crippen molar-refractivity contribution in [1.82, 2.24) is 0 Å². The van der Waals surface area contributed by atoms with Crippen molar-refractivity contribution in [3.8, 4) is 0 Å². The lowest BCUT2D eigenvalue weighted by Crippen LogP contribution is -2.55. The van der Waals surface area contributed by atoms with Crippen LogP contribution in [-0.2, 0) is 14.3 Å². The second-order valence-corrected chi connectivity index (χ2v) is 13.1. The molecule has 0 N–H and O–H groups in total. The maximum Gasteiger partial charge on any atom is 0.306 e. The Labute approximate surface area is 195 Å². The Morgan fingerprint density at radius 1 is 1.03 bits per heavy atom. The van der Waals surface area contributed by atoms with Crippen LogP contribution in [-0.4, -0.2) is 18.4 Å². The molecule has 0 radical (unpaired) electrons. The number of fused-ring (bicyclic) bond motifs is 2. The van der Waals surface area contributed by atoms with Gasteiger partial charge in [0, 0.05) is 12.3 Å². The summed E-state index contributed by atoms with van der Waals surface area (Å²) in [6, 6.07) is 0. The molecule has 32 heavy (non-hydrogen) atoms. The van der Waals surface area contributed by atoms with Gasteiger partial charge < -0.3 is 4.74 Å². The lowest BCUT2D eigenvalue weighted by molar-refractivity contribution is -0.160. The van der Waals surface area contributed by atoms with Crippen molar-refractivity contribution in [3.05, 3.63) is 11.6 Å². The molecule has 2 spiro atoms. The van der Waals surface area contributed by atoms with Crippen molar-refractivity contribution in [3.63, 3.8) is 0 Å². The van der Waals surface area contributed by atoms with Crippen molar-refractivity contribution in [2.75, 3.05) is 6.61 Å². The van der Waals surface area contributed by atoms with E-state index in [1.165, 1.54) is 56.9 Å². The van der Waals surface area contributed by atoms with Gasteiger partial charge in [-0.3, -0.25) is 9.59 Å². The average Bonchev–Trinajstić information content (AvgIpc) is 3.33. The highest BCUT2D eigenvalue weighted by Gasteiger charge is 2.80. The summed E-state index contributed by atoms with van der Waals surface area (Å²) in [4.78, 5) is 25.2. The number of ketones is 1. The van der Waals surface area contributed by atoms with Crippen LogP contribution in [0.2, 0.25) is 0 Å². The van der Waals surface area contributed by atoms with E-state index in [-0.39, 0.29) is 29.7 Å². The molecule has 0 aromatic rings. The van der Waals surface area contributed by atoms with Gasteiger partial charge in [-0.2, -0.15) is 0 Å². The van der Waals surface area contributed by atoms with Crippen LogP contribution in [0.1, 0.15) is 105 Å². The fraction of sp³-hybridized carbons (Fsp3) is 0.862. The summed E-state index contributed by atoms with van der Waals surface area (Å²) in [5.41, 5.74) is 2.64. The van der Waals surface area contributed by atoms with Crippen molar-refractivity contribution in [1.29, 1.82) is 0 Å². The third kappa shape index (κ3) is 2.91. The highest BCUT2D eigenvalue weighted by atomic mass is 16.5. The third-order valence-electron chi connectivity index (χ3n) is 11.9. The molecule has 5 aliphatic rings. The van der Waals surface area contributed by atoms with Crippen molar-refractivity contribution in [2.45, 2.75) is 105 Å². The predicted molar refractivity (Wildman–Crippen MR) is 127 cm³/mol. The Hall–Kier alpha value is -1.12. The van der Waals surface area contributed by atoms with Gasteiger partial charge in [0.2, 0.25) is 0 Å². The van der Waals surface area contributed by atoms with Crippen LogP contribution >= 0.6 is 0 Å². The van der Waals surface area contributed by atoms with Gasteiger partial charge >= 0.3 is 5.97 Å². The first-order valence-corrected chi connectivity index (χ1v) is 13.4. The summed E-state index contributed by atoms with van der Waals surface area (Å²) in [5, 5.41) is 0. The summed E-state index contributed by atoms with van der Waals surface area (Å²) < 4.78 is 5.24. The zero-order chi connectivity index (χ0) is 22.9. The summed E-state index contributed by atoms with van der Waals surface area (Å²) >= 11 is 0. The normalized spacial score (nSPS) is 48.2. The molecule has 0 aromatic carbocycles. The summed E-state index contributed by atoms with van der Waals surface area (Å²) in [6.07, 6.45) is 15.1. The molecule has 0 bridgehead atoms. The lowest BCUT2D eigenvalue weighted by atomic mass is 9.43. The fourth-order valence-corrected chi connectivity index (χ4v) is 10.2. The molecule has 1 aliphatic heterocycles. The van der Waals surface area contributed by atoms with Crippen LogP contribution in [0.25, 0.3) is 0 Å². The van der Waals surface area contributed by atoms with Crippen LogP contribution < -0.4 is 0 Å². The minimum Gasteiger partial charge on any atom is -0.458 e. The van der Waals surface area contributed by atoms with Crippen LogP contribution in [0.3, 0.4) is 0 Å². The number of carbonyl (C=O) groups excluding carboxylic acids is 2. The molecule has 3 nitrogen and oxygen atoms in total. The first-order valence-electron chi connectivity index (χ1n) is 13.4. The number of hydrogen-bond acceptors (Lipinski definition) is 3. The van der Waals surface area contributed by atoms with E-state index in [0.29, 0.717) is 22.7 Å². The lowest BCUT2D eigenvalue weighted by Gasteiger charge is -2.61. The van der Waals surface area contributed by atoms with E-state index >= 15 is 0 Å². The number of Topliss-reactive ketones (excluding diaryl/α,β-unsaturated/α-hetero) is 1. The Morgan fingerprint density at radius 2 is 1.81 bits per heavy atom. The highest BCUT2D eigenvalue weighted by molar-refractivity contribution is 5.87. The molecule has 0 aromatic heterocycles. The number of rotatable bonds is 4. The summed E-state index contributed by atoms with van der Waals surface area (Å²) in [7, 11) is 0. The van der Waals surface area contributed by atoms with Gasteiger partial charge in [0.05, 0.1) is 0 Å². The smallest absolute Gasteiger partial charge is 0.306 e. The Balaban J connectivity index is 1.41. The molecule has 0 unspecified atom stereocenters. The molecule has 4 aliphatic carbocycles. The largest absolute Gasteiger partial charge is 0.458 e. The standard InChI is InChI=1S/C29H44O3/c1-19(2)7-6-8-20(3)21-11-13-27(5)24-10-9-22-23(30)17-32-25(31)12-14-28(22)18-29(24,28)16-15-26(21,27)4/h7,20-22,24H,6,8-18H2,1-5H3/t20-,21-,22+,24+,26-,27+,28-,29+/m1/s1. The van der Waals surface area contributed by atoms with Crippen LogP contribution in [0.15, 0.2) is 11.6 Å². The number of hydrogen-bond donors (Lipinski definition) is 0. The molecular formula is C29H44O3. The second-order valence-electron chi connectivity index (χ2n) is 13.1. The van der Waals surface area contributed by atoms with Crippen molar-refractivity contribution < 1.29 is 14.3 Å². The zero-order valence-electron chi connectivity index (χ0n) is 21.1. The van der Waals surface area contributed by atoms with E-state index in [0.717, 1.165) is 30.6 Å². The van der Waals surface area contributed by atoms with Gasteiger partial charge in [0.1, 0.15) is 6.61 Å². The van der Waals surface area contributed by atoms with Gasteiger partial charge in [0.15, 0.2) is 5.78 Å². The number of allylic oxidation sites excluding steroid dienone is 2. The molecule has 1 heterocycles. The van der Waals surface area contributed by atoms with E-state index in [4.69, 9.17) is 4.74 Å². The molecule has 0 amide bonds. The monoisotopic (exact) mass is 440 g/mol. The van der Waals surface area contributed by atoms with E-state index in [2.05, 4.69) is 40.7 Å². The number of ether oxygens (including phenoxy) is 1. The maximum atomic E-state index is 13.0. The summed E-state index contributed by atoms with van der Waals surface area (Å²) in [5.74, 6) is 2.51. The van der Waals surface area contributed by atoms with E-state index in [9.17, 15) is 9.59 Å². The molecule has 5 fully saturated rings. The van der Waals surface area contributed by atoms with Gasteiger partial charge in [-0.05, 0) is 117 Å². The Bertz CT molecular complexity index is 839. The van der Waals surface area contributed by atoms with E-state index in [1.54, 1.807) is 0 Å². The molecule has 8 atom stereocenters. The Kier molecular flexibility index (Phi) is 5.27. The summed E-state index contributed by atoms with van der Waals surface area (Å²) in [6.45, 7) is 12.2. The SMILES string of the molecule is CC(C)=CCC[C@@H](C)[C@H]1CC[C@@]2(C)[C@@H]3CC[C@H]4C(=O)COC(=O)CC[C@@]45C[C@@]35CC[C@]12C. The van der Waals surface area contributed by atoms with E-state index in [1.807, 2.05) is 0 Å². The third-order valence-corrected chi connectivity index (χ3v) is 11.9. The van der Waals surface area contributed by atoms with Crippen LogP contribution in [0.4, 0.5) is 0 Å². The molecule has 4 saturated carbocycles. The van der Waals surface area contributed by atoms with Crippen LogP contribution in [0.5, 0.6) is 0 Å². The maximum absolute atomic E-state index is 13.0. The molecule has 5 rings (SSSR count). The number of carbonyl (C=O) groups is 2. The quantitative estimate of drug-likeness (QED) is 0.353. The Morgan fingerprint density at radius 3 is 2.56 bits per heavy atom. The van der Waals surface area contributed by atoms with Crippen molar-refractivity contribution >= 4 is 11.8 Å². The van der Waals surface area contributed by atoms with E-state index < -0.39 is 0 Å². The first-order chi connectivity index (χ1) is 15.1. The second kappa shape index (κ2) is 7.44. The van der Waals surface area contributed by atoms with Gasteiger partial charge in [-0.25, -0.2) is 0 Å². The highest BCUT2D eigenvalue weighted by Crippen LogP contribution is 2.87. The molecule has 1 saturated heterocycles. The average molecular weight is 441 g/mol. The minimum atomic E-state index is -0.159. The number of cyclic esters (lactones) is 1. The van der Waals surface area contributed by atoms with Crippen LogP contribution in [0, 0.1) is 45.3 Å². The van der Waals surface area contributed by atoms with Gasteiger partial charge in [-0.15, -0.1) is 0 Å². The molecule has 178 valence electrons.